The maximum absolute atomic E-state index is 12.7. The van der Waals surface area contributed by atoms with E-state index in [9.17, 15) is 9.59 Å². The number of anilines is 2. The maximum atomic E-state index is 12.7. The first-order valence-electron chi connectivity index (χ1n) is 8.30. The molecule has 2 aliphatic rings. The monoisotopic (exact) mass is 402 g/mol. The highest BCUT2D eigenvalue weighted by molar-refractivity contribution is 7.80. The summed E-state index contributed by atoms with van der Waals surface area (Å²) in [4.78, 5) is 32.2. The molecule has 0 radical (unpaired) electrons. The first-order valence-corrected chi connectivity index (χ1v) is 9.09. The average molecular weight is 403 g/mol. The zero-order valence-electron chi connectivity index (χ0n) is 14.1. The first kappa shape index (κ1) is 17.8. The molecule has 2 fully saturated rings. The van der Waals surface area contributed by atoms with Crippen molar-refractivity contribution in [2.75, 3.05) is 30.0 Å². The van der Waals surface area contributed by atoms with E-state index < -0.39 is 6.04 Å². The lowest BCUT2D eigenvalue weighted by Crippen LogP contribution is -2.44. The molecule has 1 aromatic heterocycles. The summed E-state index contributed by atoms with van der Waals surface area (Å²) in [7, 11) is 0. The summed E-state index contributed by atoms with van der Waals surface area (Å²) >= 11 is 11.9. The summed E-state index contributed by atoms with van der Waals surface area (Å²) in [6.45, 7) is 1.41. The number of nitrogens with zero attached hydrogens (tertiary/aromatic N) is 3. The Kier molecular flexibility index (Phi) is 4.77. The molecule has 4 rings (SSSR count). The smallest absolute Gasteiger partial charge is 0.274 e. The summed E-state index contributed by atoms with van der Waals surface area (Å²) in [5, 5.41) is 3.46. The van der Waals surface area contributed by atoms with E-state index in [4.69, 9.17) is 28.6 Å². The number of carbonyl (C=O) groups excluding carboxylic acids is 2. The zero-order valence-corrected chi connectivity index (χ0v) is 15.7. The average Bonchev–Trinajstić information content (AvgIpc) is 2.94. The van der Waals surface area contributed by atoms with E-state index in [1.807, 2.05) is 4.90 Å². The number of amides is 2. The summed E-state index contributed by atoms with van der Waals surface area (Å²) in [5.74, 6) is -0.506. The van der Waals surface area contributed by atoms with Crippen LogP contribution in [0.1, 0.15) is 10.5 Å². The Morgan fingerprint density at radius 2 is 2.19 bits per heavy atom. The van der Waals surface area contributed by atoms with Gasteiger partial charge in [0.25, 0.3) is 11.8 Å². The molecule has 3 heterocycles. The highest BCUT2D eigenvalue weighted by Crippen LogP contribution is 2.34. The number of ether oxygens (including phenoxy) is 1. The molecule has 0 aliphatic carbocycles. The minimum Gasteiger partial charge on any atom is -0.377 e. The van der Waals surface area contributed by atoms with Crippen LogP contribution in [-0.4, -0.2) is 52.6 Å². The number of aromatic nitrogens is 1. The van der Waals surface area contributed by atoms with Gasteiger partial charge in [0, 0.05) is 18.4 Å². The Labute approximate surface area is 165 Å². The molecule has 2 aromatic rings. The standard InChI is InChI=1S/C18H15ClN4O3S/c19-12-9-11(21-16(24)13-3-1-2-6-20-13)4-5-14(12)23-17(25)15-10-26-8-7-22(15)18(23)27/h1-6,9,15H,7-8,10H2,(H,21,24). The van der Waals surface area contributed by atoms with Crippen LogP contribution in [0.5, 0.6) is 0 Å². The molecule has 1 aromatic carbocycles. The molecule has 0 saturated carbocycles. The number of benzene rings is 1. The van der Waals surface area contributed by atoms with Crippen LogP contribution in [0, 0.1) is 0 Å². The molecule has 9 heteroatoms. The SMILES string of the molecule is O=C(Nc1ccc(N2C(=O)C3COCCN3C2=S)c(Cl)c1)c1ccccn1. The molecule has 2 saturated heterocycles. The lowest BCUT2D eigenvalue weighted by atomic mass is 10.2. The number of thiocarbonyl (C=S) groups is 1. The third-order valence-corrected chi connectivity index (χ3v) is 5.13. The second-order valence-corrected chi connectivity index (χ2v) is 6.85. The van der Waals surface area contributed by atoms with Gasteiger partial charge in [0.2, 0.25) is 0 Å². The number of carbonyl (C=O) groups is 2. The van der Waals surface area contributed by atoms with Crippen molar-refractivity contribution in [2.24, 2.45) is 0 Å². The van der Waals surface area contributed by atoms with Gasteiger partial charge in [0.05, 0.1) is 23.9 Å². The highest BCUT2D eigenvalue weighted by Gasteiger charge is 2.45. The maximum Gasteiger partial charge on any atom is 0.274 e. The number of hydrogen-bond donors (Lipinski definition) is 1. The van der Waals surface area contributed by atoms with E-state index in [-0.39, 0.29) is 11.8 Å². The molecule has 1 atom stereocenters. The molecule has 2 aliphatic heterocycles. The number of fused-ring (bicyclic) bond motifs is 1. The normalized spacial score (nSPS) is 19.2. The van der Waals surface area contributed by atoms with Crippen molar-refractivity contribution in [3.8, 4) is 0 Å². The predicted octanol–water partition coefficient (Wildman–Crippen LogP) is 2.32. The minimum atomic E-state index is -0.411. The predicted molar refractivity (Wildman–Crippen MR) is 105 cm³/mol. The van der Waals surface area contributed by atoms with Gasteiger partial charge < -0.3 is 15.0 Å². The summed E-state index contributed by atoms with van der Waals surface area (Å²) in [5.41, 5.74) is 1.28. The van der Waals surface area contributed by atoms with Gasteiger partial charge in [-0.1, -0.05) is 17.7 Å². The van der Waals surface area contributed by atoms with Crippen molar-refractivity contribution in [1.82, 2.24) is 9.88 Å². The van der Waals surface area contributed by atoms with E-state index in [2.05, 4.69) is 10.3 Å². The van der Waals surface area contributed by atoms with Gasteiger partial charge >= 0.3 is 0 Å². The van der Waals surface area contributed by atoms with Crippen LogP contribution in [0.15, 0.2) is 42.6 Å². The number of morpholine rings is 1. The zero-order chi connectivity index (χ0) is 19.0. The third-order valence-electron chi connectivity index (χ3n) is 4.41. The van der Waals surface area contributed by atoms with Gasteiger partial charge in [-0.25, -0.2) is 0 Å². The lowest BCUT2D eigenvalue weighted by molar-refractivity contribution is -0.123. The number of halogens is 1. The van der Waals surface area contributed by atoms with Crippen LogP contribution < -0.4 is 10.2 Å². The van der Waals surface area contributed by atoms with Crippen LogP contribution >= 0.6 is 23.8 Å². The molecule has 7 nitrogen and oxygen atoms in total. The van der Waals surface area contributed by atoms with Gasteiger partial charge in [-0.3, -0.25) is 19.5 Å². The first-order chi connectivity index (χ1) is 13.1. The van der Waals surface area contributed by atoms with Crippen molar-refractivity contribution in [3.63, 3.8) is 0 Å². The summed E-state index contributed by atoms with van der Waals surface area (Å²) in [6, 6.07) is 9.59. The van der Waals surface area contributed by atoms with E-state index in [0.717, 1.165) is 0 Å². The van der Waals surface area contributed by atoms with E-state index in [0.29, 0.717) is 47.0 Å². The fraction of sp³-hybridized carbons (Fsp3) is 0.222. The minimum absolute atomic E-state index is 0.160. The Balaban J connectivity index is 1.56. The quantitative estimate of drug-likeness (QED) is 0.794. The molecular weight excluding hydrogens is 388 g/mol. The number of pyridine rings is 1. The van der Waals surface area contributed by atoms with Gasteiger partial charge in [0.1, 0.15) is 11.7 Å². The fourth-order valence-corrected chi connectivity index (χ4v) is 3.76. The second kappa shape index (κ2) is 7.22. The number of rotatable bonds is 3. The Hall–Kier alpha value is -2.55. The molecule has 27 heavy (non-hydrogen) atoms. The van der Waals surface area contributed by atoms with Crippen molar-refractivity contribution >= 4 is 52.1 Å². The molecule has 0 bridgehead atoms. The van der Waals surface area contributed by atoms with Gasteiger partial charge in [-0.05, 0) is 42.5 Å². The van der Waals surface area contributed by atoms with Crippen molar-refractivity contribution in [3.05, 3.63) is 53.3 Å². The van der Waals surface area contributed by atoms with Crippen molar-refractivity contribution < 1.29 is 14.3 Å². The van der Waals surface area contributed by atoms with E-state index >= 15 is 0 Å². The topological polar surface area (TPSA) is 74.8 Å². The van der Waals surface area contributed by atoms with E-state index in [1.165, 1.54) is 4.90 Å². The molecule has 138 valence electrons. The fourth-order valence-electron chi connectivity index (χ4n) is 3.09. The van der Waals surface area contributed by atoms with Gasteiger partial charge in [0.15, 0.2) is 5.11 Å². The molecule has 1 N–H and O–H groups in total. The van der Waals surface area contributed by atoms with Gasteiger partial charge in [-0.2, -0.15) is 0 Å². The van der Waals surface area contributed by atoms with Gasteiger partial charge in [-0.15, -0.1) is 0 Å². The Morgan fingerprint density at radius 1 is 1.33 bits per heavy atom. The highest BCUT2D eigenvalue weighted by atomic mass is 35.5. The molecule has 1 unspecified atom stereocenters. The summed E-state index contributed by atoms with van der Waals surface area (Å²) < 4.78 is 5.39. The van der Waals surface area contributed by atoms with Crippen molar-refractivity contribution in [1.29, 1.82) is 0 Å². The van der Waals surface area contributed by atoms with Crippen LogP contribution in [0.3, 0.4) is 0 Å². The van der Waals surface area contributed by atoms with Crippen molar-refractivity contribution in [2.45, 2.75) is 6.04 Å². The van der Waals surface area contributed by atoms with Crippen LogP contribution in [0.2, 0.25) is 5.02 Å². The molecular formula is C18H15ClN4O3S. The Bertz CT molecular complexity index is 900. The largest absolute Gasteiger partial charge is 0.377 e. The van der Waals surface area contributed by atoms with Crippen LogP contribution in [-0.2, 0) is 9.53 Å². The van der Waals surface area contributed by atoms with Crippen LogP contribution in [0.25, 0.3) is 0 Å². The third kappa shape index (κ3) is 3.27. The molecule has 0 spiro atoms. The summed E-state index contributed by atoms with van der Waals surface area (Å²) in [6.07, 6.45) is 1.55. The number of nitrogens with one attached hydrogen (secondary N) is 1. The number of hydrogen-bond acceptors (Lipinski definition) is 5. The molecule has 2 amide bonds. The van der Waals surface area contributed by atoms with Crippen LogP contribution in [0.4, 0.5) is 11.4 Å². The second-order valence-electron chi connectivity index (χ2n) is 6.08. The lowest BCUT2D eigenvalue weighted by Gasteiger charge is -2.28. The Morgan fingerprint density at radius 3 is 2.89 bits per heavy atom. The van der Waals surface area contributed by atoms with E-state index in [1.54, 1.807) is 42.6 Å².